The van der Waals surface area contributed by atoms with E-state index in [1.165, 1.54) is 0 Å². The Bertz CT molecular complexity index is 578. The number of hydrogen-bond acceptors (Lipinski definition) is 4. The van der Waals surface area contributed by atoms with E-state index in [2.05, 4.69) is 19.2 Å². The van der Waals surface area contributed by atoms with Crippen LogP contribution in [0.5, 0.6) is 5.75 Å². The van der Waals surface area contributed by atoms with Crippen LogP contribution in [-0.2, 0) is 14.3 Å². The summed E-state index contributed by atoms with van der Waals surface area (Å²) in [5.74, 6) is 0.191. The number of ether oxygens (including phenoxy) is 2. The second-order valence-electron chi connectivity index (χ2n) is 6.40. The molecule has 1 aromatic carbocycles. The second-order valence-corrected chi connectivity index (χ2v) is 6.40. The number of carbonyl (C=O) groups excluding carboxylic acids is 2. The summed E-state index contributed by atoms with van der Waals surface area (Å²) in [6.07, 6.45) is 1.20. The van der Waals surface area contributed by atoms with Crippen molar-refractivity contribution in [2.45, 2.75) is 58.6 Å². The van der Waals surface area contributed by atoms with E-state index < -0.39 is 12.1 Å². The average Bonchev–Trinajstić information content (AvgIpc) is 3.28. The third-order valence-electron chi connectivity index (χ3n) is 3.74. The van der Waals surface area contributed by atoms with Crippen LogP contribution in [0.3, 0.4) is 0 Å². The highest BCUT2D eigenvalue weighted by Gasteiger charge is 2.27. The molecule has 0 bridgehead atoms. The Morgan fingerprint density at radius 3 is 2.57 bits per heavy atom. The molecule has 0 radical (unpaired) electrons. The number of hydrogen-bond donors (Lipinski definition) is 1. The highest BCUT2D eigenvalue weighted by Crippen LogP contribution is 2.27. The summed E-state index contributed by atoms with van der Waals surface area (Å²) in [5, 5.41) is 2.81. The van der Waals surface area contributed by atoms with E-state index in [0.29, 0.717) is 11.7 Å². The molecule has 1 saturated carbocycles. The Hall–Kier alpha value is -2.04. The van der Waals surface area contributed by atoms with E-state index in [1.807, 2.05) is 25.1 Å². The lowest BCUT2D eigenvalue weighted by Gasteiger charge is -2.16. The van der Waals surface area contributed by atoms with Crippen molar-refractivity contribution in [3.05, 3.63) is 29.3 Å². The predicted molar refractivity (Wildman–Crippen MR) is 87.5 cm³/mol. The van der Waals surface area contributed by atoms with Crippen LogP contribution in [0.2, 0.25) is 0 Å². The maximum absolute atomic E-state index is 11.9. The van der Waals surface area contributed by atoms with Crippen molar-refractivity contribution in [1.82, 2.24) is 5.32 Å². The first-order valence-electron chi connectivity index (χ1n) is 8.10. The molecule has 0 heterocycles. The number of nitrogens with one attached hydrogen (secondary N) is 1. The smallest absolute Gasteiger partial charge is 0.344 e. The van der Waals surface area contributed by atoms with Crippen molar-refractivity contribution in [3.63, 3.8) is 0 Å². The van der Waals surface area contributed by atoms with E-state index in [1.54, 1.807) is 6.92 Å². The zero-order valence-corrected chi connectivity index (χ0v) is 14.2. The van der Waals surface area contributed by atoms with Crippen LogP contribution in [0, 0.1) is 6.92 Å². The summed E-state index contributed by atoms with van der Waals surface area (Å²) in [6.45, 7) is 7.48. The highest BCUT2D eigenvalue weighted by molar-refractivity contribution is 5.84. The number of benzene rings is 1. The van der Waals surface area contributed by atoms with Crippen LogP contribution >= 0.6 is 0 Å². The van der Waals surface area contributed by atoms with Gasteiger partial charge in [0, 0.05) is 6.04 Å². The van der Waals surface area contributed by atoms with Gasteiger partial charge in [0.25, 0.3) is 5.91 Å². The minimum absolute atomic E-state index is 0.204. The van der Waals surface area contributed by atoms with Crippen molar-refractivity contribution in [2.24, 2.45) is 0 Å². The van der Waals surface area contributed by atoms with Crippen LogP contribution in [0.25, 0.3) is 0 Å². The minimum atomic E-state index is -0.797. The maximum Gasteiger partial charge on any atom is 0.344 e. The molecule has 5 heteroatoms. The van der Waals surface area contributed by atoms with Gasteiger partial charge < -0.3 is 14.8 Å². The summed E-state index contributed by atoms with van der Waals surface area (Å²) in [7, 11) is 0. The van der Waals surface area contributed by atoms with Gasteiger partial charge in [-0.1, -0.05) is 26.0 Å². The fourth-order valence-electron chi connectivity index (χ4n) is 2.21. The van der Waals surface area contributed by atoms with Gasteiger partial charge in [-0.3, -0.25) is 4.79 Å². The van der Waals surface area contributed by atoms with Gasteiger partial charge in [0.2, 0.25) is 0 Å². The van der Waals surface area contributed by atoms with Crippen molar-refractivity contribution in [3.8, 4) is 5.75 Å². The average molecular weight is 319 g/mol. The third kappa shape index (κ3) is 5.27. The lowest BCUT2D eigenvalue weighted by molar-refractivity contribution is -0.156. The third-order valence-corrected chi connectivity index (χ3v) is 3.74. The maximum atomic E-state index is 11.9. The monoisotopic (exact) mass is 319 g/mol. The zero-order chi connectivity index (χ0) is 17.0. The molecule has 1 aliphatic rings. The molecule has 126 valence electrons. The van der Waals surface area contributed by atoms with E-state index in [9.17, 15) is 9.59 Å². The summed E-state index contributed by atoms with van der Waals surface area (Å²) in [5.41, 5.74) is 2.11. The first-order chi connectivity index (χ1) is 10.9. The van der Waals surface area contributed by atoms with Gasteiger partial charge in [0.15, 0.2) is 12.7 Å². The standard InChI is InChI=1S/C18H25NO4/c1-11(2)15-8-5-12(3)9-16(15)22-10-17(20)23-13(4)18(21)19-14-6-7-14/h5,8-9,11,13-14H,6-7,10H2,1-4H3,(H,19,21)/t13-/m0/s1. The summed E-state index contributed by atoms with van der Waals surface area (Å²) in [4.78, 5) is 23.6. The van der Waals surface area contributed by atoms with Crippen LogP contribution in [0.1, 0.15) is 50.7 Å². The summed E-state index contributed by atoms with van der Waals surface area (Å²) < 4.78 is 10.7. The molecule has 0 unspecified atom stereocenters. The molecule has 0 aliphatic heterocycles. The Balaban J connectivity index is 1.86. The molecular weight excluding hydrogens is 294 g/mol. The Kier molecular flexibility index (Phi) is 5.64. The molecule has 0 aromatic heterocycles. The van der Waals surface area contributed by atoms with Crippen molar-refractivity contribution in [2.75, 3.05) is 6.61 Å². The van der Waals surface area contributed by atoms with Gasteiger partial charge in [-0.15, -0.1) is 0 Å². The molecule has 0 spiro atoms. The number of carbonyl (C=O) groups is 2. The van der Waals surface area contributed by atoms with Crippen LogP contribution in [-0.4, -0.2) is 30.6 Å². The van der Waals surface area contributed by atoms with E-state index in [-0.39, 0.29) is 18.6 Å². The Morgan fingerprint density at radius 2 is 1.96 bits per heavy atom. The van der Waals surface area contributed by atoms with Gasteiger partial charge in [-0.05, 0) is 49.8 Å². The number of esters is 1. The first-order valence-corrected chi connectivity index (χ1v) is 8.10. The molecule has 5 nitrogen and oxygen atoms in total. The van der Waals surface area contributed by atoms with Crippen molar-refractivity contribution < 1.29 is 19.1 Å². The predicted octanol–water partition coefficient (Wildman–Crippen LogP) is 2.71. The van der Waals surface area contributed by atoms with Crippen molar-refractivity contribution in [1.29, 1.82) is 0 Å². The van der Waals surface area contributed by atoms with Gasteiger partial charge in [0.1, 0.15) is 5.75 Å². The fourth-order valence-corrected chi connectivity index (χ4v) is 2.21. The largest absolute Gasteiger partial charge is 0.482 e. The summed E-state index contributed by atoms with van der Waals surface area (Å²) >= 11 is 0. The van der Waals surface area contributed by atoms with Crippen LogP contribution < -0.4 is 10.1 Å². The Labute approximate surface area is 137 Å². The Morgan fingerprint density at radius 1 is 1.26 bits per heavy atom. The lowest BCUT2D eigenvalue weighted by atomic mass is 10.0. The van der Waals surface area contributed by atoms with Gasteiger partial charge in [-0.2, -0.15) is 0 Å². The number of aryl methyl sites for hydroxylation is 1. The zero-order valence-electron chi connectivity index (χ0n) is 14.2. The molecular formula is C18H25NO4. The lowest BCUT2D eigenvalue weighted by Crippen LogP contribution is -2.37. The molecule has 2 rings (SSSR count). The molecule has 23 heavy (non-hydrogen) atoms. The normalized spacial score (nSPS) is 15.2. The van der Waals surface area contributed by atoms with Crippen molar-refractivity contribution >= 4 is 11.9 Å². The molecule has 1 aromatic rings. The number of rotatable bonds is 7. The summed E-state index contributed by atoms with van der Waals surface area (Å²) in [6, 6.07) is 6.18. The van der Waals surface area contributed by atoms with E-state index in [4.69, 9.17) is 9.47 Å². The molecule has 1 fully saturated rings. The molecule has 1 atom stereocenters. The quantitative estimate of drug-likeness (QED) is 0.785. The van der Waals surface area contributed by atoms with Gasteiger partial charge >= 0.3 is 5.97 Å². The highest BCUT2D eigenvalue weighted by atomic mass is 16.6. The van der Waals surface area contributed by atoms with Crippen LogP contribution in [0.4, 0.5) is 0 Å². The topological polar surface area (TPSA) is 64.6 Å². The number of amides is 1. The molecule has 1 amide bonds. The second kappa shape index (κ2) is 7.49. The van der Waals surface area contributed by atoms with Gasteiger partial charge in [-0.25, -0.2) is 4.79 Å². The minimum Gasteiger partial charge on any atom is -0.482 e. The van der Waals surface area contributed by atoms with E-state index in [0.717, 1.165) is 24.0 Å². The van der Waals surface area contributed by atoms with Gasteiger partial charge in [0.05, 0.1) is 0 Å². The molecule has 1 N–H and O–H groups in total. The van der Waals surface area contributed by atoms with Crippen LogP contribution in [0.15, 0.2) is 18.2 Å². The van der Waals surface area contributed by atoms with E-state index >= 15 is 0 Å². The fraction of sp³-hybridized carbons (Fsp3) is 0.556. The SMILES string of the molecule is Cc1ccc(C(C)C)c(OCC(=O)O[C@@H](C)C(=O)NC2CC2)c1. The first kappa shape index (κ1) is 17.3. The molecule has 0 saturated heterocycles. The molecule has 1 aliphatic carbocycles.